The maximum Gasteiger partial charge on any atom is 0.258 e. The van der Waals surface area contributed by atoms with Crippen LogP contribution in [0.2, 0.25) is 0 Å². The average molecular weight is 263 g/mol. The maximum atomic E-state index is 12.1. The van der Waals surface area contributed by atoms with Gasteiger partial charge in [0.15, 0.2) is 0 Å². The van der Waals surface area contributed by atoms with Crippen LogP contribution in [0.25, 0.3) is 0 Å². The Morgan fingerprint density at radius 2 is 2.11 bits per heavy atom. The number of piperidine rings is 1. The number of carbonyl (C=O) groups excluding carboxylic acids is 1. The molecule has 0 atom stereocenters. The first kappa shape index (κ1) is 13.8. The van der Waals surface area contributed by atoms with Gasteiger partial charge in [0, 0.05) is 33.4 Å². The van der Waals surface area contributed by atoms with Crippen LogP contribution in [0.1, 0.15) is 23.2 Å². The maximum absolute atomic E-state index is 12.1. The molecular formula is C14H21N3O2. The van der Waals surface area contributed by atoms with E-state index in [0.717, 1.165) is 25.9 Å². The standard InChI is InChI=1S/C14H21N3O2/c1-16(2)14(18)12-5-4-8-15-13(12)19-11-6-9-17(3)10-7-11/h4-5,8,11H,6-7,9-10H2,1-3H3. The molecule has 1 amide bonds. The van der Waals surface area contributed by atoms with Gasteiger partial charge in [-0.2, -0.15) is 0 Å². The summed E-state index contributed by atoms with van der Waals surface area (Å²) in [7, 11) is 5.57. The normalized spacial score (nSPS) is 17.2. The largest absolute Gasteiger partial charge is 0.474 e. The molecule has 0 aliphatic carbocycles. The lowest BCUT2D eigenvalue weighted by Crippen LogP contribution is -2.36. The van der Waals surface area contributed by atoms with Crippen molar-refractivity contribution in [1.29, 1.82) is 0 Å². The molecule has 1 fully saturated rings. The highest BCUT2D eigenvalue weighted by Crippen LogP contribution is 2.21. The summed E-state index contributed by atoms with van der Waals surface area (Å²) in [4.78, 5) is 20.1. The predicted molar refractivity (Wildman–Crippen MR) is 73.4 cm³/mol. The smallest absolute Gasteiger partial charge is 0.258 e. The topological polar surface area (TPSA) is 45.7 Å². The van der Waals surface area contributed by atoms with Crippen LogP contribution in [0.5, 0.6) is 5.88 Å². The number of pyridine rings is 1. The van der Waals surface area contributed by atoms with Gasteiger partial charge in [-0.3, -0.25) is 4.79 Å². The number of carbonyl (C=O) groups is 1. The Bertz CT molecular complexity index is 440. The Balaban J connectivity index is 2.10. The Hall–Kier alpha value is -1.62. The van der Waals surface area contributed by atoms with Crippen LogP contribution in [-0.4, -0.2) is 61.0 Å². The molecule has 0 bridgehead atoms. The second-order valence-corrected chi connectivity index (χ2v) is 5.18. The molecule has 104 valence electrons. The molecule has 19 heavy (non-hydrogen) atoms. The van der Waals surface area contributed by atoms with Crippen LogP contribution in [-0.2, 0) is 0 Å². The van der Waals surface area contributed by atoms with Gasteiger partial charge in [-0.25, -0.2) is 4.98 Å². The number of rotatable bonds is 3. The molecule has 2 heterocycles. The summed E-state index contributed by atoms with van der Waals surface area (Å²) < 4.78 is 5.92. The molecule has 1 aromatic rings. The van der Waals surface area contributed by atoms with Gasteiger partial charge in [0.1, 0.15) is 11.7 Å². The van der Waals surface area contributed by atoms with Crippen LogP contribution < -0.4 is 4.74 Å². The first-order valence-electron chi connectivity index (χ1n) is 6.60. The molecule has 5 nitrogen and oxygen atoms in total. The minimum absolute atomic E-state index is 0.0731. The van der Waals surface area contributed by atoms with Crippen molar-refractivity contribution < 1.29 is 9.53 Å². The number of aromatic nitrogens is 1. The molecule has 0 aromatic carbocycles. The van der Waals surface area contributed by atoms with E-state index in [1.54, 1.807) is 37.3 Å². The summed E-state index contributed by atoms with van der Waals surface area (Å²) >= 11 is 0. The zero-order valence-electron chi connectivity index (χ0n) is 11.8. The van der Waals surface area contributed by atoms with Gasteiger partial charge < -0.3 is 14.5 Å². The van der Waals surface area contributed by atoms with Crippen molar-refractivity contribution in [3.63, 3.8) is 0 Å². The third-order valence-corrected chi connectivity index (χ3v) is 3.35. The van der Waals surface area contributed by atoms with Crippen LogP contribution in [0.4, 0.5) is 0 Å². The Morgan fingerprint density at radius 3 is 2.74 bits per heavy atom. The van der Waals surface area contributed by atoms with Crippen molar-refractivity contribution in [2.45, 2.75) is 18.9 Å². The van der Waals surface area contributed by atoms with E-state index in [1.807, 2.05) is 0 Å². The van der Waals surface area contributed by atoms with Gasteiger partial charge in [0.05, 0.1) is 0 Å². The SMILES string of the molecule is CN1CCC(Oc2ncccc2C(=O)N(C)C)CC1. The molecule has 5 heteroatoms. The van der Waals surface area contributed by atoms with Crippen molar-refractivity contribution in [1.82, 2.24) is 14.8 Å². The van der Waals surface area contributed by atoms with E-state index in [-0.39, 0.29) is 12.0 Å². The number of amides is 1. The number of ether oxygens (including phenoxy) is 1. The van der Waals surface area contributed by atoms with E-state index in [9.17, 15) is 4.79 Å². The van der Waals surface area contributed by atoms with Gasteiger partial charge in [0.2, 0.25) is 5.88 Å². The van der Waals surface area contributed by atoms with E-state index in [2.05, 4.69) is 16.9 Å². The molecular weight excluding hydrogens is 242 g/mol. The van der Waals surface area contributed by atoms with Crippen molar-refractivity contribution in [3.05, 3.63) is 23.9 Å². The fourth-order valence-corrected chi connectivity index (χ4v) is 2.15. The number of nitrogens with zero attached hydrogens (tertiary/aromatic N) is 3. The summed E-state index contributed by atoms with van der Waals surface area (Å²) in [5.41, 5.74) is 0.534. The zero-order chi connectivity index (χ0) is 13.8. The van der Waals surface area contributed by atoms with E-state index < -0.39 is 0 Å². The van der Waals surface area contributed by atoms with Crippen molar-refractivity contribution in [3.8, 4) is 5.88 Å². The fraction of sp³-hybridized carbons (Fsp3) is 0.571. The quantitative estimate of drug-likeness (QED) is 0.823. The molecule has 0 saturated carbocycles. The van der Waals surface area contributed by atoms with E-state index in [1.165, 1.54) is 0 Å². The average Bonchev–Trinajstić information content (AvgIpc) is 2.41. The highest BCUT2D eigenvalue weighted by Gasteiger charge is 2.22. The minimum atomic E-state index is -0.0731. The lowest BCUT2D eigenvalue weighted by atomic mass is 10.1. The molecule has 0 N–H and O–H groups in total. The number of hydrogen-bond acceptors (Lipinski definition) is 4. The molecule has 1 aromatic heterocycles. The van der Waals surface area contributed by atoms with Crippen LogP contribution >= 0.6 is 0 Å². The first-order valence-corrected chi connectivity index (χ1v) is 6.60. The summed E-state index contributed by atoms with van der Waals surface area (Å²) in [5, 5.41) is 0. The third kappa shape index (κ3) is 3.44. The van der Waals surface area contributed by atoms with Gasteiger partial charge in [-0.15, -0.1) is 0 Å². The van der Waals surface area contributed by atoms with Gasteiger partial charge in [-0.05, 0) is 32.0 Å². The summed E-state index contributed by atoms with van der Waals surface area (Å²) in [6.07, 6.45) is 3.77. The lowest BCUT2D eigenvalue weighted by Gasteiger charge is -2.29. The second kappa shape index (κ2) is 6.02. The summed E-state index contributed by atoms with van der Waals surface area (Å²) in [6, 6.07) is 3.53. The first-order chi connectivity index (χ1) is 9.08. The van der Waals surface area contributed by atoms with E-state index >= 15 is 0 Å². The number of hydrogen-bond donors (Lipinski definition) is 0. The Labute approximate surface area is 114 Å². The van der Waals surface area contributed by atoms with Crippen LogP contribution in [0.3, 0.4) is 0 Å². The molecule has 0 unspecified atom stereocenters. The van der Waals surface area contributed by atoms with E-state index in [4.69, 9.17) is 4.74 Å². The van der Waals surface area contributed by atoms with E-state index in [0.29, 0.717) is 11.4 Å². The van der Waals surface area contributed by atoms with Gasteiger partial charge in [0.25, 0.3) is 5.91 Å². The molecule has 0 spiro atoms. The van der Waals surface area contributed by atoms with Gasteiger partial charge >= 0.3 is 0 Å². The molecule has 0 radical (unpaired) electrons. The molecule has 1 saturated heterocycles. The minimum Gasteiger partial charge on any atom is -0.474 e. The fourth-order valence-electron chi connectivity index (χ4n) is 2.15. The summed E-state index contributed by atoms with van der Waals surface area (Å²) in [5.74, 6) is 0.381. The van der Waals surface area contributed by atoms with Crippen molar-refractivity contribution in [2.75, 3.05) is 34.2 Å². The number of likely N-dealkylation sites (tertiary alicyclic amines) is 1. The monoisotopic (exact) mass is 263 g/mol. The molecule has 1 aliphatic heterocycles. The Morgan fingerprint density at radius 1 is 1.42 bits per heavy atom. The van der Waals surface area contributed by atoms with Crippen LogP contribution in [0, 0.1) is 0 Å². The summed E-state index contributed by atoms with van der Waals surface area (Å²) in [6.45, 7) is 2.04. The van der Waals surface area contributed by atoms with Crippen LogP contribution in [0.15, 0.2) is 18.3 Å². The second-order valence-electron chi connectivity index (χ2n) is 5.18. The third-order valence-electron chi connectivity index (χ3n) is 3.35. The Kier molecular flexibility index (Phi) is 4.37. The van der Waals surface area contributed by atoms with Crippen molar-refractivity contribution >= 4 is 5.91 Å². The molecule has 2 rings (SSSR count). The highest BCUT2D eigenvalue weighted by atomic mass is 16.5. The lowest BCUT2D eigenvalue weighted by molar-refractivity contribution is 0.0803. The zero-order valence-corrected chi connectivity index (χ0v) is 11.8. The van der Waals surface area contributed by atoms with Gasteiger partial charge in [-0.1, -0.05) is 0 Å². The predicted octanol–water partition coefficient (Wildman–Crippen LogP) is 1.26. The molecule has 1 aliphatic rings. The highest BCUT2D eigenvalue weighted by molar-refractivity contribution is 5.95. The van der Waals surface area contributed by atoms with Crippen molar-refractivity contribution in [2.24, 2.45) is 0 Å².